The number of aromatic amines is 1. The van der Waals surface area contributed by atoms with Crippen LogP contribution in [-0.2, 0) is 16.1 Å². The van der Waals surface area contributed by atoms with Crippen molar-refractivity contribution in [2.45, 2.75) is 44.7 Å². The van der Waals surface area contributed by atoms with Gasteiger partial charge in [0, 0.05) is 24.7 Å². The van der Waals surface area contributed by atoms with Gasteiger partial charge in [-0.2, -0.15) is 4.98 Å². The van der Waals surface area contributed by atoms with Gasteiger partial charge in [-0.15, -0.1) is 0 Å². The number of nitrogen functional groups attached to an aromatic ring is 1. The number of carbonyl (C=O) groups is 3. The van der Waals surface area contributed by atoms with Gasteiger partial charge in [0.25, 0.3) is 11.5 Å². The fourth-order valence-corrected chi connectivity index (χ4v) is 3.56. The highest BCUT2D eigenvalue weighted by atomic mass is 16.4. The Morgan fingerprint density at radius 1 is 1.15 bits per heavy atom. The number of anilines is 1. The number of hydrogen-bond donors (Lipinski definition) is 5. The van der Waals surface area contributed by atoms with Crippen molar-refractivity contribution >= 4 is 34.8 Å². The van der Waals surface area contributed by atoms with E-state index in [1.54, 1.807) is 36.5 Å². The maximum absolute atomic E-state index is 12.4. The highest BCUT2D eigenvalue weighted by molar-refractivity contribution is 5.96. The summed E-state index contributed by atoms with van der Waals surface area (Å²) in [6.07, 6.45) is 1.95. The van der Waals surface area contributed by atoms with E-state index in [9.17, 15) is 24.3 Å². The van der Waals surface area contributed by atoms with Crippen LogP contribution in [0.25, 0.3) is 11.0 Å². The largest absolute Gasteiger partial charge is 0.481 e. The van der Waals surface area contributed by atoms with E-state index in [0.29, 0.717) is 17.6 Å². The highest BCUT2D eigenvalue weighted by Crippen LogP contribution is 2.21. The number of amides is 1. The van der Waals surface area contributed by atoms with Crippen molar-refractivity contribution in [3.8, 4) is 0 Å². The topological polar surface area (TPSA) is 180 Å². The Morgan fingerprint density at radius 3 is 2.48 bits per heavy atom. The molecule has 0 aliphatic rings. The number of aryl methyl sites for hydroxylation is 1. The molecule has 0 aliphatic heterocycles. The Balaban J connectivity index is 1.62. The van der Waals surface area contributed by atoms with Gasteiger partial charge in [-0.05, 0) is 42.5 Å². The lowest BCUT2D eigenvalue weighted by molar-refractivity contribution is -0.140. The lowest BCUT2D eigenvalue weighted by atomic mass is 9.96. The number of carbonyl (C=O) groups excluding carboxylic acids is 1. The molecule has 0 aliphatic carbocycles. The Hall–Kier alpha value is -4.15. The number of carboxylic acids is 2. The number of nitrogens with zero attached hydrogens (tertiary/aromatic N) is 2. The van der Waals surface area contributed by atoms with Gasteiger partial charge in [0.2, 0.25) is 5.95 Å². The minimum absolute atomic E-state index is 0.0688. The molecule has 0 fully saturated rings. The van der Waals surface area contributed by atoms with Gasteiger partial charge in [0.15, 0.2) is 0 Å². The van der Waals surface area contributed by atoms with Crippen molar-refractivity contribution in [1.29, 1.82) is 0 Å². The van der Waals surface area contributed by atoms with Crippen LogP contribution in [0, 0.1) is 0 Å². The molecule has 11 nitrogen and oxygen atoms in total. The van der Waals surface area contributed by atoms with Gasteiger partial charge in [0.05, 0.1) is 5.52 Å². The van der Waals surface area contributed by atoms with Crippen molar-refractivity contribution in [2.75, 3.05) is 5.73 Å². The van der Waals surface area contributed by atoms with Crippen molar-refractivity contribution in [1.82, 2.24) is 19.9 Å². The van der Waals surface area contributed by atoms with Crippen LogP contribution in [-0.4, -0.2) is 48.6 Å². The summed E-state index contributed by atoms with van der Waals surface area (Å²) >= 11 is 0. The van der Waals surface area contributed by atoms with Crippen LogP contribution in [0.5, 0.6) is 0 Å². The molecule has 1 unspecified atom stereocenters. The second kappa shape index (κ2) is 9.98. The quantitative estimate of drug-likeness (QED) is 0.305. The molecule has 2 atom stereocenters. The molecule has 0 bridgehead atoms. The van der Waals surface area contributed by atoms with Crippen LogP contribution in [0.3, 0.4) is 0 Å². The Morgan fingerprint density at radius 2 is 1.85 bits per heavy atom. The van der Waals surface area contributed by atoms with Crippen molar-refractivity contribution in [2.24, 2.45) is 0 Å². The number of nitrogens with one attached hydrogen (secondary N) is 2. The molecule has 1 aromatic carbocycles. The molecular formula is C22H25N5O6. The summed E-state index contributed by atoms with van der Waals surface area (Å²) in [5, 5.41) is 20.3. The molecule has 0 radical (unpaired) electrons. The molecule has 0 spiro atoms. The monoisotopic (exact) mass is 455 g/mol. The second-order valence-electron chi connectivity index (χ2n) is 7.81. The van der Waals surface area contributed by atoms with E-state index in [2.05, 4.69) is 15.3 Å². The predicted molar refractivity (Wildman–Crippen MR) is 120 cm³/mol. The third-order valence-corrected chi connectivity index (χ3v) is 5.45. The first-order chi connectivity index (χ1) is 15.7. The molecule has 0 saturated carbocycles. The Kier molecular flexibility index (Phi) is 7.11. The van der Waals surface area contributed by atoms with Gasteiger partial charge < -0.3 is 30.8 Å². The maximum atomic E-state index is 12.4. The zero-order chi connectivity index (χ0) is 24.1. The number of aliphatic carboxylic acids is 2. The Bertz CT molecular complexity index is 1230. The van der Waals surface area contributed by atoms with Crippen LogP contribution in [0.2, 0.25) is 0 Å². The summed E-state index contributed by atoms with van der Waals surface area (Å²) in [4.78, 5) is 53.1. The zero-order valence-corrected chi connectivity index (χ0v) is 17.9. The zero-order valence-electron chi connectivity index (χ0n) is 17.9. The minimum Gasteiger partial charge on any atom is -0.481 e. The maximum Gasteiger partial charge on any atom is 0.326 e. The average molecular weight is 455 g/mol. The van der Waals surface area contributed by atoms with Crippen molar-refractivity contribution < 1.29 is 24.6 Å². The van der Waals surface area contributed by atoms with Crippen LogP contribution in [0.4, 0.5) is 5.95 Å². The summed E-state index contributed by atoms with van der Waals surface area (Å²) in [6, 6.07) is 7.26. The van der Waals surface area contributed by atoms with E-state index in [1.807, 2.05) is 11.5 Å². The van der Waals surface area contributed by atoms with E-state index in [0.717, 1.165) is 12.0 Å². The molecular weight excluding hydrogens is 430 g/mol. The molecule has 1 amide bonds. The van der Waals surface area contributed by atoms with Gasteiger partial charge in [0.1, 0.15) is 11.6 Å². The third kappa shape index (κ3) is 5.76. The fraction of sp³-hybridized carbons (Fsp3) is 0.318. The summed E-state index contributed by atoms with van der Waals surface area (Å²) < 4.78 is 1.82. The summed E-state index contributed by atoms with van der Waals surface area (Å²) in [6.45, 7) is 2.60. The number of carboxylic acid groups (broad SMARTS) is 2. The fourth-order valence-electron chi connectivity index (χ4n) is 3.56. The van der Waals surface area contributed by atoms with E-state index in [-0.39, 0.29) is 30.3 Å². The van der Waals surface area contributed by atoms with E-state index in [1.165, 1.54) is 0 Å². The molecule has 174 valence electrons. The molecule has 11 heteroatoms. The predicted octanol–water partition coefficient (Wildman–Crippen LogP) is 1.55. The molecule has 0 saturated heterocycles. The number of rotatable bonds is 10. The van der Waals surface area contributed by atoms with Gasteiger partial charge >= 0.3 is 11.9 Å². The van der Waals surface area contributed by atoms with Crippen LogP contribution < -0.4 is 16.6 Å². The number of benzene rings is 1. The number of nitrogens with two attached hydrogens (primary N) is 1. The molecule has 2 aromatic heterocycles. The summed E-state index contributed by atoms with van der Waals surface area (Å²) in [7, 11) is 0. The first-order valence-electron chi connectivity index (χ1n) is 10.4. The normalized spacial score (nSPS) is 12.9. The lowest BCUT2D eigenvalue weighted by Crippen LogP contribution is -2.41. The molecule has 3 aromatic rings. The van der Waals surface area contributed by atoms with Crippen LogP contribution >= 0.6 is 0 Å². The highest BCUT2D eigenvalue weighted by Gasteiger charge is 2.21. The van der Waals surface area contributed by atoms with E-state index >= 15 is 0 Å². The first kappa shape index (κ1) is 23.5. The van der Waals surface area contributed by atoms with Crippen molar-refractivity contribution in [3.63, 3.8) is 0 Å². The molecule has 33 heavy (non-hydrogen) atoms. The smallest absolute Gasteiger partial charge is 0.326 e. The third-order valence-electron chi connectivity index (χ3n) is 5.45. The number of aromatic nitrogens is 3. The number of hydrogen-bond acceptors (Lipinski definition) is 6. The van der Waals surface area contributed by atoms with Gasteiger partial charge in [-0.3, -0.25) is 14.4 Å². The number of H-pyrrole nitrogens is 1. The average Bonchev–Trinajstić information content (AvgIpc) is 3.17. The van der Waals surface area contributed by atoms with Gasteiger partial charge in [-0.1, -0.05) is 19.1 Å². The van der Waals surface area contributed by atoms with Crippen molar-refractivity contribution in [3.05, 3.63) is 58.0 Å². The first-order valence-corrected chi connectivity index (χ1v) is 10.4. The summed E-state index contributed by atoms with van der Waals surface area (Å²) in [5.74, 6) is -2.82. The minimum atomic E-state index is -1.29. The van der Waals surface area contributed by atoms with Crippen LogP contribution in [0.1, 0.15) is 48.0 Å². The van der Waals surface area contributed by atoms with E-state index in [4.69, 9.17) is 10.8 Å². The van der Waals surface area contributed by atoms with Crippen LogP contribution in [0.15, 0.2) is 41.3 Å². The second-order valence-corrected chi connectivity index (χ2v) is 7.81. The van der Waals surface area contributed by atoms with E-state index < -0.39 is 29.4 Å². The molecule has 3 rings (SSSR count). The summed E-state index contributed by atoms with van der Waals surface area (Å²) in [5.41, 5.74) is 7.52. The number of fused-ring (bicyclic) bond motifs is 1. The molecule has 6 N–H and O–H groups in total. The lowest BCUT2D eigenvalue weighted by Gasteiger charge is -2.15. The SMILES string of the molecule is CC(CCn1ccc2[nH]c(N)nc(=O)c21)c1ccc(C(=O)N[C@@H](CCC(=O)O)C(=O)O)cc1. The van der Waals surface area contributed by atoms with Gasteiger partial charge in [-0.25, -0.2) is 4.79 Å². The standard InChI is InChI=1S/C22H25N5O6/c1-12(8-10-27-11-9-15-18(27)20(31)26-22(23)25-15)13-2-4-14(5-3-13)19(30)24-16(21(32)33)6-7-17(28)29/h2-5,9,11-12,16H,6-8,10H2,1H3,(H,24,30)(H,28,29)(H,32,33)(H3,23,25,26,31)/t12?,16-/m0/s1. The Labute approximate surface area is 188 Å². The molecule has 2 heterocycles.